The van der Waals surface area contributed by atoms with Crippen LogP contribution in [0.1, 0.15) is 36.4 Å². The number of rotatable bonds is 5. The minimum atomic E-state index is 0.763. The van der Waals surface area contributed by atoms with Gasteiger partial charge in [-0.2, -0.15) is 0 Å². The quantitative estimate of drug-likeness (QED) is 0.886. The van der Waals surface area contributed by atoms with Gasteiger partial charge in [-0.3, -0.25) is 4.90 Å². The number of hydrogen-bond donors (Lipinski definition) is 1. The SMILES string of the molecule is Cc1nc(CN2CCC(NCC3CC3)CC2)cs1. The number of thiazole rings is 1. The highest BCUT2D eigenvalue weighted by molar-refractivity contribution is 7.09. The highest BCUT2D eigenvalue weighted by Gasteiger charge is 2.24. The van der Waals surface area contributed by atoms with Crippen LogP contribution >= 0.6 is 11.3 Å². The number of aromatic nitrogens is 1. The first-order valence-corrected chi connectivity index (χ1v) is 8.04. The molecule has 0 radical (unpaired) electrons. The molecule has 4 heteroatoms. The second-order valence-corrected chi connectivity index (χ2v) is 6.82. The van der Waals surface area contributed by atoms with Crippen LogP contribution in [0.5, 0.6) is 0 Å². The van der Waals surface area contributed by atoms with Crippen molar-refractivity contribution < 1.29 is 0 Å². The monoisotopic (exact) mass is 265 g/mol. The molecule has 1 aromatic rings. The minimum Gasteiger partial charge on any atom is -0.314 e. The predicted octanol–water partition coefficient (Wildman–Crippen LogP) is 2.42. The van der Waals surface area contributed by atoms with Crippen molar-refractivity contribution in [3.8, 4) is 0 Å². The lowest BCUT2D eigenvalue weighted by Crippen LogP contribution is -2.42. The van der Waals surface area contributed by atoms with E-state index in [1.165, 1.54) is 56.0 Å². The van der Waals surface area contributed by atoms with Gasteiger partial charge in [-0.15, -0.1) is 11.3 Å². The zero-order chi connectivity index (χ0) is 12.4. The fraction of sp³-hybridized carbons (Fsp3) is 0.786. The fourth-order valence-electron chi connectivity index (χ4n) is 2.66. The summed E-state index contributed by atoms with van der Waals surface area (Å²) in [4.78, 5) is 7.10. The first-order chi connectivity index (χ1) is 8.79. The van der Waals surface area contributed by atoms with Crippen molar-refractivity contribution in [2.24, 2.45) is 5.92 Å². The van der Waals surface area contributed by atoms with E-state index in [2.05, 4.69) is 27.5 Å². The van der Waals surface area contributed by atoms with Gasteiger partial charge in [-0.05, 0) is 45.1 Å². The summed E-state index contributed by atoms with van der Waals surface area (Å²) < 4.78 is 0. The zero-order valence-corrected chi connectivity index (χ0v) is 12.0. The van der Waals surface area contributed by atoms with E-state index in [9.17, 15) is 0 Å². The van der Waals surface area contributed by atoms with Gasteiger partial charge in [0.1, 0.15) is 0 Å². The Kier molecular flexibility index (Phi) is 3.97. The minimum absolute atomic E-state index is 0.763. The molecule has 0 bridgehead atoms. The van der Waals surface area contributed by atoms with E-state index >= 15 is 0 Å². The van der Waals surface area contributed by atoms with Gasteiger partial charge in [0.25, 0.3) is 0 Å². The van der Waals surface area contributed by atoms with Crippen molar-refractivity contribution in [1.29, 1.82) is 0 Å². The second-order valence-electron chi connectivity index (χ2n) is 5.76. The molecule has 3 rings (SSSR count). The zero-order valence-electron chi connectivity index (χ0n) is 11.2. The molecule has 1 aliphatic carbocycles. The van der Waals surface area contributed by atoms with E-state index in [0.29, 0.717) is 0 Å². The van der Waals surface area contributed by atoms with Crippen LogP contribution in [0.3, 0.4) is 0 Å². The predicted molar refractivity (Wildman–Crippen MR) is 75.9 cm³/mol. The van der Waals surface area contributed by atoms with E-state index < -0.39 is 0 Å². The van der Waals surface area contributed by atoms with E-state index in [-0.39, 0.29) is 0 Å². The van der Waals surface area contributed by atoms with E-state index in [0.717, 1.165) is 18.5 Å². The molecule has 1 N–H and O–H groups in total. The highest BCUT2D eigenvalue weighted by Crippen LogP contribution is 2.28. The van der Waals surface area contributed by atoms with Gasteiger partial charge < -0.3 is 5.32 Å². The maximum atomic E-state index is 4.55. The average molecular weight is 265 g/mol. The summed E-state index contributed by atoms with van der Waals surface area (Å²) in [6.45, 7) is 6.83. The van der Waals surface area contributed by atoms with Crippen molar-refractivity contribution in [1.82, 2.24) is 15.2 Å². The molecular weight excluding hydrogens is 242 g/mol. The van der Waals surface area contributed by atoms with E-state index in [1.54, 1.807) is 11.3 Å². The molecule has 1 aromatic heterocycles. The Morgan fingerprint density at radius 1 is 1.33 bits per heavy atom. The Labute approximate surface area is 114 Å². The standard InChI is InChI=1S/C14H23N3S/c1-11-16-14(10-18-11)9-17-6-4-13(5-7-17)15-8-12-2-3-12/h10,12-13,15H,2-9H2,1H3. The van der Waals surface area contributed by atoms with Gasteiger partial charge in [0, 0.05) is 31.1 Å². The summed E-state index contributed by atoms with van der Waals surface area (Å²) in [7, 11) is 0. The van der Waals surface area contributed by atoms with Crippen LogP contribution in [0.15, 0.2) is 5.38 Å². The Hall–Kier alpha value is -0.450. The summed E-state index contributed by atoms with van der Waals surface area (Å²) in [5, 5.41) is 7.12. The maximum Gasteiger partial charge on any atom is 0.0897 e. The fourth-order valence-corrected chi connectivity index (χ4v) is 3.26. The third-order valence-electron chi connectivity index (χ3n) is 4.03. The Morgan fingerprint density at radius 2 is 2.11 bits per heavy atom. The van der Waals surface area contributed by atoms with Gasteiger partial charge in [0.15, 0.2) is 0 Å². The van der Waals surface area contributed by atoms with Crippen LogP contribution in [-0.4, -0.2) is 35.6 Å². The van der Waals surface area contributed by atoms with Gasteiger partial charge in [-0.25, -0.2) is 4.98 Å². The molecule has 3 nitrogen and oxygen atoms in total. The molecule has 1 saturated heterocycles. The van der Waals surface area contributed by atoms with Crippen molar-refractivity contribution in [3.05, 3.63) is 16.1 Å². The summed E-state index contributed by atoms with van der Waals surface area (Å²) in [5.41, 5.74) is 1.25. The molecule has 1 aliphatic heterocycles. The van der Waals surface area contributed by atoms with Crippen LogP contribution in [0.4, 0.5) is 0 Å². The molecule has 2 fully saturated rings. The molecule has 2 heterocycles. The van der Waals surface area contributed by atoms with Gasteiger partial charge in [0.2, 0.25) is 0 Å². The van der Waals surface area contributed by atoms with Crippen molar-refractivity contribution in [2.45, 2.75) is 45.2 Å². The van der Waals surface area contributed by atoms with Crippen molar-refractivity contribution in [2.75, 3.05) is 19.6 Å². The smallest absolute Gasteiger partial charge is 0.0897 e. The van der Waals surface area contributed by atoms with Crippen molar-refractivity contribution in [3.63, 3.8) is 0 Å². The molecule has 0 amide bonds. The number of likely N-dealkylation sites (tertiary alicyclic amines) is 1. The summed E-state index contributed by atoms with van der Waals surface area (Å²) in [5.74, 6) is 1.00. The average Bonchev–Trinajstić information content (AvgIpc) is 3.12. The number of nitrogens with zero attached hydrogens (tertiary/aromatic N) is 2. The van der Waals surface area contributed by atoms with Crippen LogP contribution < -0.4 is 5.32 Å². The van der Waals surface area contributed by atoms with Crippen LogP contribution in [0.2, 0.25) is 0 Å². The third kappa shape index (κ3) is 3.53. The van der Waals surface area contributed by atoms with E-state index in [1.807, 2.05) is 0 Å². The van der Waals surface area contributed by atoms with Crippen molar-refractivity contribution >= 4 is 11.3 Å². The Bertz CT molecular complexity index is 378. The molecule has 0 atom stereocenters. The summed E-state index contributed by atoms with van der Waals surface area (Å²) in [6, 6.07) is 0.763. The molecule has 0 aromatic carbocycles. The molecule has 100 valence electrons. The topological polar surface area (TPSA) is 28.2 Å². The summed E-state index contributed by atoms with van der Waals surface area (Å²) >= 11 is 1.76. The lowest BCUT2D eigenvalue weighted by Gasteiger charge is -2.32. The summed E-state index contributed by atoms with van der Waals surface area (Å²) in [6.07, 6.45) is 5.51. The van der Waals surface area contributed by atoms with Crippen LogP contribution in [-0.2, 0) is 6.54 Å². The van der Waals surface area contributed by atoms with Gasteiger partial charge in [0.05, 0.1) is 10.7 Å². The molecule has 0 spiro atoms. The first-order valence-electron chi connectivity index (χ1n) is 7.16. The molecule has 18 heavy (non-hydrogen) atoms. The van der Waals surface area contributed by atoms with E-state index in [4.69, 9.17) is 0 Å². The van der Waals surface area contributed by atoms with Gasteiger partial charge in [-0.1, -0.05) is 0 Å². The maximum absolute atomic E-state index is 4.55. The second kappa shape index (κ2) is 5.68. The Morgan fingerprint density at radius 3 is 2.72 bits per heavy atom. The lowest BCUT2D eigenvalue weighted by atomic mass is 10.0. The van der Waals surface area contributed by atoms with Crippen LogP contribution in [0, 0.1) is 12.8 Å². The largest absolute Gasteiger partial charge is 0.314 e. The Balaban J connectivity index is 1.39. The molecule has 2 aliphatic rings. The number of piperidine rings is 1. The number of aryl methyl sites for hydroxylation is 1. The molecule has 1 saturated carbocycles. The van der Waals surface area contributed by atoms with Gasteiger partial charge >= 0.3 is 0 Å². The lowest BCUT2D eigenvalue weighted by molar-refractivity contribution is 0.188. The number of nitrogens with one attached hydrogen (secondary N) is 1. The van der Waals surface area contributed by atoms with Crippen LogP contribution in [0.25, 0.3) is 0 Å². The molecule has 0 unspecified atom stereocenters. The highest BCUT2D eigenvalue weighted by atomic mass is 32.1. The first kappa shape index (κ1) is 12.6. The third-order valence-corrected chi connectivity index (χ3v) is 4.85. The number of hydrogen-bond acceptors (Lipinski definition) is 4. The molecular formula is C14H23N3S. The normalized spacial score (nSPS) is 22.5.